The summed E-state index contributed by atoms with van der Waals surface area (Å²) < 4.78 is 5.10. The number of carbonyl (C=O) groups excluding carboxylic acids is 7. The first-order chi connectivity index (χ1) is 23.0. The zero-order valence-corrected chi connectivity index (χ0v) is 28.4. The smallest absolute Gasteiger partial charge is 0.407 e. The highest BCUT2D eigenvalue weighted by Gasteiger charge is 2.51. The van der Waals surface area contributed by atoms with Crippen LogP contribution in [-0.2, 0) is 35.3 Å². The van der Waals surface area contributed by atoms with Gasteiger partial charge in [-0.15, -0.1) is 0 Å². The van der Waals surface area contributed by atoms with Crippen LogP contribution in [0.3, 0.4) is 0 Å². The van der Waals surface area contributed by atoms with Crippen molar-refractivity contribution in [2.45, 2.75) is 82.6 Å². The van der Waals surface area contributed by atoms with E-state index < -0.39 is 41.3 Å². The van der Waals surface area contributed by atoms with Crippen molar-refractivity contribution in [1.82, 2.24) is 26.2 Å². The van der Waals surface area contributed by atoms with Crippen LogP contribution in [0.4, 0.5) is 15.3 Å². The summed E-state index contributed by atoms with van der Waals surface area (Å²) in [5, 5.41) is 13.1. The number of rotatable bonds is 19. The van der Waals surface area contributed by atoms with Crippen molar-refractivity contribution >= 4 is 59.1 Å². The Kier molecular flexibility index (Phi) is 15.0. The maximum atomic E-state index is 13.6. The molecule has 0 bridgehead atoms. The third-order valence-corrected chi connectivity index (χ3v) is 9.35. The summed E-state index contributed by atoms with van der Waals surface area (Å²) >= 11 is 1.38. The van der Waals surface area contributed by atoms with Gasteiger partial charge in [0.2, 0.25) is 29.5 Å². The number of hydrogen-bond donors (Lipinski definition) is 6. The van der Waals surface area contributed by atoms with Gasteiger partial charge < -0.3 is 37.1 Å². The Morgan fingerprint density at radius 2 is 1.69 bits per heavy atom. The number of hydrogen-bond acceptors (Lipinski definition) is 9. The number of nitrogens with two attached hydrogens (primary N) is 1. The molecular weight excluding hydrogens is 642 g/mol. The van der Waals surface area contributed by atoms with Crippen LogP contribution in [0.5, 0.6) is 0 Å². The van der Waals surface area contributed by atoms with Gasteiger partial charge in [-0.25, -0.2) is 9.59 Å². The number of primary amides is 1. The van der Waals surface area contributed by atoms with E-state index in [2.05, 4.69) is 26.6 Å². The lowest BCUT2D eigenvalue weighted by Gasteiger charge is -2.39. The van der Waals surface area contributed by atoms with Crippen LogP contribution in [0.25, 0.3) is 0 Å². The standard InChI is InChI=1S/C32H47N7O8S/c1-3-34-31(46)47-20-21-10-12-22(13-11-21)37-26(41)23(9-7-17-36-30(33)45)38-29(44)32(14-8-15-32)28(43)35-16-5-4-6-18-39-25(40)19-24(48-2)27(39)42/h10-13,23-24H,3-9,14-20H2,1-2H3,(H,34,46)(H,35,43)(H,37,41)(H,38,44)(H3,33,36,45)/t23-,24?/m0/s1. The SMILES string of the molecule is CCNC(=O)OCc1ccc(NC(=O)[C@H](CCCNC(N)=O)NC(=O)C2(C(=O)NCCCCCN3C(=O)CC(SC)C3=O)CCC2)cc1. The van der Waals surface area contributed by atoms with Gasteiger partial charge in [-0.1, -0.05) is 18.6 Å². The third-order valence-electron chi connectivity index (χ3n) is 8.41. The Morgan fingerprint density at radius 3 is 2.29 bits per heavy atom. The first-order valence-corrected chi connectivity index (χ1v) is 17.6. The lowest BCUT2D eigenvalue weighted by Crippen LogP contribution is -2.58. The number of alkyl carbamates (subject to hydrolysis) is 1. The number of thioether (sulfide) groups is 1. The highest BCUT2D eigenvalue weighted by molar-refractivity contribution is 8.00. The van der Waals surface area contributed by atoms with Gasteiger partial charge in [0.05, 0.1) is 5.25 Å². The van der Waals surface area contributed by atoms with Crippen molar-refractivity contribution in [3.05, 3.63) is 29.8 Å². The van der Waals surface area contributed by atoms with Gasteiger partial charge in [0.15, 0.2) is 0 Å². The van der Waals surface area contributed by atoms with Gasteiger partial charge in [0, 0.05) is 38.3 Å². The van der Waals surface area contributed by atoms with E-state index in [-0.39, 0.29) is 43.1 Å². The second-order valence-corrected chi connectivity index (χ2v) is 12.9. The van der Waals surface area contributed by atoms with Gasteiger partial charge in [-0.05, 0) is 75.8 Å². The number of urea groups is 1. The number of anilines is 1. The van der Waals surface area contributed by atoms with E-state index >= 15 is 0 Å². The molecule has 1 unspecified atom stereocenters. The molecule has 1 aliphatic carbocycles. The summed E-state index contributed by atoms with van der Waals surface area (Å²) in [4.78, 5) is 88.5. The van der Waals surface area contributed by atoms with E-state index in [1.54, 1.807) is 31.2 Å². The van der Waals surface area contributed by atoms with E-state index in [0.717, 1.165) is 0 Å². The third kappa shape index (κ3) is 10.9. The Morgan fingerprint density at radius 1 is 0.979 bits per heavy atom. The van der Waals surface area contributed by atoms with Crippen LogP contribution in [0.15, 0.2) is 24.3 Å². The van der Waals surface area contributed by atoms with E-state index in [1.807, 2.05) is 6.26 Å². The van der Waals surface area contributed by atoms with Gasteiger partial charge >= 0.3 is 12.1 Å². The minimum Gasteiger partial charge on any atom is -0.445 e. The van der Waals surface area contributed by atoms with E-state index in [1.165, 1.54) is 16.7 Å². The van der Waals surface area contributed by atoms with Crippen LogP contribution in [0.2, 0.25) is 0 Å². The average Bonchev–Trinajstić information content (AvgIpc) is 3.31. The summed E-state index contributed by atoms with van der Waals surface area (Å²) in [5.41, 5.74) is 5.01. The van der Waals surface area contributed by atoms with Crippen molar-refractivity contribution in [1.29, 1.82) is 0 Å². The quantitative estimate of drug-likeness (QED) is 0.0707. The van der Waals surface area contributed by atoms with E-state index in [9.17, 15) is 33.6 Å². The Bertz CT molecular complexity index is 1320. The molecule has 7 N–H and O–H groups in total. The lowest BCUT2D eigenvalue weighted by molar-refractivity contribution is -0.151. The van der Waals surface area contributed by atoms with Crippen LogP contribution in [-0.4, -0.2) is 90.3 Å². The number of carbonyl (C=O) groups is 7. The number of likely N-dealkylation sites (tertiary alicyclic amines) is 1. The predicted molar refractivity (Wildman–Crippen MR) is 179 cm³/mol. The number of nitrogens with one attached hydrogen (secondary N) is 5. The molecule has 264 valence electrons. The number of unbranched alkanes of at least 4 members (excludes halogenated alkanes) is 2. The molecule has 1 saturated heterocycles. The molecule has 1 aromatic rings. The largest absolute Gasteiger partial charge is 0.445 e. The predicted octanol–water partition coefficient (Wildman–Crippen LogP) is 1.75. The highest BCUT2D eigenvalue weighted by Crippen LogP contribution is 2.41. The van der Waals surface area contributed by atoms with E-state index in [4.69, 9.17) is 10.5 Å². The fraction of sp³-hybridized carbons (Fsp3) is 0.594. The maximum absolute atomic E-state index is 13.6. The molecule has 16 heteroatoms. The molecule has 1 saturated carbocycles. The molecule has 0 radical (unpaired) electrons. The normalized spacial score (nSPS) is 17.1. The van der Waals surface area contributed by atoms with Crippen molar-refractivity contribution in [2.75, 3.05) is 37.8 Å². The summed E-state index contributed by atoms with van der Waals surface area (Å²) in [5.74, 6) is -1.74. The molecular formula is C32H47N7O8S. The van der Waals surface area contributed by atoms with Gasteiger partial charge in [-0.3, -0.25) is 28.9 Å². The minimum absolute atomic E-state index is 0.0507. The Balaban J connectivity index is 1.52. The minimum atomic E-state index is -1.29. The van der Waals surface area contributed by atoms with Crippen LogP contribution < -0.4 is 32.3 Å². The van der Waals surface area contributed by atoms with Crippen LogP contribution >= 0.6 is 11.8 Å². The number of benzene rings is 1. The fourth-order valence-corrected chi connectivity index (χ4v) is 6.08. The van der Waals surface area contributed by atoms with Crippen molar-refractivity contribution in [3.8, 4) is 0 Å². The summed E-state index contributed by atoms with van der Waals surface area (Å²) in [6.07, 6.45) is 5.31. The molecule has 1 aliphatic heterocycles. The van der Waals surface area contributed by atoms with Gasteiger partial charge in [0.25, 0.3) is 0 Å². The first kappa shape index (κ1) is 38.1. The van der Waals surface area contributed by atoms with E-state index in [0.29, 0.717) is 75.8 Å². The topological polar surface area (TPSA) is 218 Å². The molecule has 2 fully saturated rings. The molecule has 1 heterocycles. The van der Waals surface area contributed by atoms with Gasteiger partial charge in [0.1, 0.15) is 18.1 Å². The fourth-order valence-electron chi connectivity index (χ4n) is 5.44. The highest BCUT2D eigenvalue weighted by atomic mass is 32.2. The Labute approximate surface area is 284 Å². The molecule has 48 heavy (non-hydrogen) atoms. The van der Waals surface area contributed by atoms with Crippen molar-refractivity contribution in [3.63, 3.8) is 0 Å². The Hall–Kier alpha value is -4.34. The van der Waals surface area contributed by atoms with Crippen molar-refractivity contribution in [2.24, 2.45) is 11.1 Å². The second-order valence-electron chi connectivity index (χ2n) is 11.8. The number of ether oxygens (including phenoxy) is 1. The number of nitrogens with zero attached hydrogens (tertiary/aromatic N) is 1. The summed E-state index contributed by atoms with van der Waals surface area (Å²) in [7, 11) is 0. The molecule has 2 atom stereocenters. The summed E-state index contributed by atoms with van der Waals surface area (Å²) in [6.45, 7) is 3.15. The molecule has 8 amide bonds. The lowest BCUT2D eigenvalue weighted by atomic mass is 9.67. The zero-order chi connectivity index (χ0) is 35.1. The average molecular weight is 690 g/mol. The van der Waals surface area contributed by atoms with Gasteiger partial charge in [-0.2, -0.15) is 11.8 Å². The molecule has 2 aliphatic rings. The molecule has 15 nitrogen and oxygen atoms in total. The monoisotopic (exact) mass is 689 g/mol. The maximum Gasteiger partial charge on any atom is 0.407 e. The summed E-state index contributed by atoms with van der Waals surface area (Å²) in [6, 6.07) is 4.97. The molecule has 1 aromatic carbocycles. The molecule has 0 aromatic heterocycles. The van der Waals surface area contributed by atoms with Crippen LogP contribution in [0.1, 0.15) is 70.3 Å². The van der Waals surface area contributed by atoms with Crippen molar-refractivity contribution < 1.29 is 38.3 Å². The first-order valence-electron chi connectivity index (χ1n) is 16.3. The van der Waals surface area contributed by atoms with Crippen LogP contribution in [0, 0.1) is 5.41 Å². The second kappa shape index (κ2) is 18.9. The number of imide groups is 1. The zero-order valence-electron chi connectivity index (χ0n) is 27.6. The molecule has 3 rings (SSSR count). The number of amides is 8. The molecule has 0 spiro atoms.